The minimum Gasteiger partial charge on any atom is -0.387 e. The van der Waals surface area contributed by atoms with Gasteiger partial charge in [-0.25, -0.2) is 13.6 Å². The first kappa shape index (κ1) is 35.6. The van der Waals surface area contributed by atoms with Crippen LogP contribution < -0.4 is 15.5 Å². The van der Waals surface area contributed by atoms with Gasteiger partial charge in [-0.1, -0.05) is 38.8 Å². The number of rotatable bonds is 12. The third-order valence-electron chi connectivity index (χ3n) is 8.80. The van der Waals surface area contributed by atoms with Crippen molar-refractivity contribution in [1.29, 1.82) is 0 Å². The molecule has 0 aromatic heterocycles. The highest BCUT2D eigenvalue weighted by atomic mass is 32.2. The number of amides is 2. The number of unbranched alkanes of at least 4 members (excludes halogenated alkanes) is 1. The van der Waals surface area contributed by atoms with E-state index in [0.717, 1.165) is 49.8 Å². The Kier molecular flexibility index (Phi) is 12.3. The summed E-state index contributed by atoms with van der Waals surface area (Å²) in [7, 11) is 5.16. The van der Waals surface area contributed by atoms with Gasteiger partial charge in [0.25, 0.3) is 0 Å². The zero-order valence-corrected chi connectivity index (χ0v) is 28.1. The van der Waals surface area contributed by atoms with Crippen LogP contribution in [0.4, 0.5) is 25.0 Å². The third-order valence-corrected chi connectivity index (χ3v) is 10.8. The van der Waals surface area contributed by atoms with Crippen molar-refractivity contribution in [2.24, 2.45) is 5.41 Å². The third kappa shape index (κ3) is 8.75. The minimum atomic E-state index is -3.68. The maximum atomic E-state index is 14.5. The predicted octanol–water partition coefficient (Wildman–Crippen LogP) is 6.44. The molecule has 2 amide bonds. The Morgan fingerprint density at radius 2 is 2.00 bits per heavy atom. The number of hydrogen-bond donors (Lipinski definition) is 3. The van der Waals surface area contributed by atoms with E-state index in [1.165, 1.54) is 16.9 Å². The number of benzene rings is 2. The quantitative estimate of drug-likeness (QED) is 0.237. The number of nitrogens with one attached hydrogen (secondary N) is 2. The number of hydrogen-bond acceptors (Lipinski definition) is 8. The van der Waals surface area contributed by atoms with Crippen molar-refractivity contribution >= 4 is 40.5 Å². The van der Waals surface area contributed by atoms with Crippen LogP contribution in [-0.2, 0) is 24.5 Å². The van der Waals surface area contributed by atoms with Gasteiger partial charge in [-0.05, 0) is 66.1 Å². The van der Waals surface area contributed by atoms with E-state index in [9.17, 15) is 22.9 Å². The number of ether oxygens (including phenoxy) is 1. The van der Waals surface area contributed by atoms with E-state index in [-0.39, 0.29) is 11.3 Å². The Balaban J connectivity index is 1.54. The second-order valence-electron chi connectivity index (χ2n) is 12.0. The van der Waals surface area contributed by atoms with Gasteiger partial charge >= 0.3 is 23.3 Å². The van der Waals surface area contributed by atoms with Crippen LogP contribution in [0.25, 0.3) is 0 Å². The Morgan fingerprint density at radius 3 is 2.69 bits per heavy atom. The highest BCUT2D eigenvalue weighted by Crippen LogP contribution is 2.51. The number of carbonyl (C=O) groups is 1. The molecule has 2 heterocycles. The zero-order chi connectivity index (χ0) is 32.8. The van der Waals surface area contributed by atoms with E-state index >= 15 is 0 Å². The van der Waals surface area contributed by atoms with Crippen molar-refractivity contribution < 1.29 is 36.0 Å². The molecule has 0 aliphatic carbocycles. The summed E-state index contributed by atoms with van der Waals surface area (Å²) in [5.74, 6) is -2.52. The number of alkyl halides is 2. The summed E-state index contributed by atoms with van der Waals surface area (Å²) in [4.78, 5) is 16.4. The fourth-order valence-corrected chi connectivity index (χ4v) is 7.76. The number of fused-ring (bicyclic) bond motifs is 1. The normalized spacial score (nSPS) is 26.8. The molecule has 2 aromatic rings. The van der Waals surface area contributed by atoms with E-state index in [1.807, 2.05) is 38.0 Å². The average molecular weight is 670 g/mol. The number of nitrogens with zero attached hydrogens (tertiary/aromatic N) is 1. The molecular weight excluding hydrogens is 624 g/mol. The van der Waals surface area contributed by atoms with Gasteiger partial charge in [0.2, 0.25) is 0 Å². The standard InChI is InChI=1S/C32H45F2N3O6S2/c1-6-8-14-31(7-2)18-25(24-16-23(37(3)4)12-13-26(24)44-20-31)21-10-9-11-22(15-21)35-30(39)36-29-17-27(38)32(33,34)28(43-29)19-42-45(40)41-5/h9-13,15-16,25,27-29,38H,6-8,14,17-20H2,1-5H3,(H2,35,36,39)/t25-,27?,28?,29-,31+,45?/m1/s1. The average Bonchev–Trinajstić information content (AvgIpc) is 3.18. The number of anilines is 2. The Labute approximate surface area is 271 Å². The molecular formula is C32H45F2N3O6S2. The molecule has 45 heavy (non-hydrogen) atoms. The molecule has 2 aromatic carbocycles. The molecule has 0 spiro atoms. The summed E-state index contributed by atoms with van der Waals surface area (Å²) in [6.45, 7) is 3.70. The molecule has 1 saturated heterocycles. The van der Waals surface area contributed by atoms with Crippen molar-refractivity contribution in [3.8, 4) is 0 Å². The summed E-state index contributed by atoms with van der Waals surface area (Å²) in [6.07, 6.45) is -0.292. The van der Waals surface area contributed by atoms with Crippen molar-refractivity contribution in [3.63, 3.8) is 0 Å². The van der Waals surface area contributed by atoms with Gasteiger partial charge < -0.3 is 25.4 Å². The molecule has 6 atom stereocenters. The molecule has 250 valence electrons. The van der Waals surface area contributed by atoms with E-state index < -0.39 is 54.8 Å². The topological polar surface area (TPSA) is 109 Å². The maximum absolute atomic E-state index is 14.5. The summed E-state index contributed by atoms with van der Waals surface area (Å²) in [5, 5.41) is 15.4. The van der Waals surface area contributed by atoms with E-state index in [4.69, 9.17) is 8.92 Å². The number of halogens is 2. The Hall–Kier alpha value is -2.29. The summed E-state index contributed by atoms with van der Waals surface area (Å²) in [6, 6.07) is 13.7. The van der Waals surface area contributed by atoms with Crippen molar-refractivity contribution in [1.82, 2.24) is 5.32 Å². The van der Waals surface area contributed by atoms with Gasteiger partial charge in [0, 0.05) is 48.5 Å². The van der Waals surface area contributed by atoms with E-state index in [2.05, 4.69) is 57.8 Å². The van der Waals surface area contributed by atoms with Crippen molar-refractivity contribution in [3.05, 3.63) is 53.6 Å². The second kappa shape index (κ2) is 15.5. The molecule has 9 nitrogen and oxygen atoms in total. The fourth-order valence-electron chi connectivity index (χ4n) is 5.97. The first-order chi connectivity index (χ1) is 21.4. The van der Waals surface area contributed by atoms with Gasteiger partial charge in [0.05, 0.1) is 13.7 Å². The molecule has 2 aliphatic heterocycles. The van der Waals surface area contributed by atoms with E-state index in [0.29, 0.717) is 5.69 Å². The molecule has 13 heteroatoms. The molecule has 0 bridgehead atoms. The summed E-state index contributed by atoms with van der Waals surface area (Å²) < 4.78 is 55.0. The van der Waals surface area contributed by atoms with Crippen LogP contribution in [0.5, 0.6) is 0 Å². The highest BCUT2D eigenvalue weighted by Gasteiger charge is 2.53. The maximum Gasteiger partial charge on any atom is 0.321 e. The predicted molar refractivity (Wildman–Crippen MR) is 174 cm³/mol. The molecule has 3 N–H and O–H groups in total. The zero-order valence-electron chi connectivity index (χ0n) is 26.5. The van der Waals surface area contributed by atoms with E-state index in [1.54, 1.807) is 6.07 Å². The first-order valence-electron chi connectivity index (χ1n) is 15.3. The molecule has 0 radical (unpaired) electrons. The lowest BCUT2D eigenvalue weighted by Crippen LogP contribution is -2.59. The Bertz CT molecular complexity index is 1340. The summed E-state index contributed by atoms with van der Waals surface area (Å²) >= 11 is -0.319. The van der Waals surface area contributed by atoms with Gasteiger partial charge in [0.1, 0.15) is 12.3 Å². The first-order valence-corrected chi connectivity index (χ1v) is 17.3. The number of aliphatic hydroxyl groups is 1. The van der Waals surface area contributed by atoms with Crippen molar-refractivity contribution in [2.75, 3.05) is 43.8 Å². The monoisotopic (exact) mass is 669 g/mol. The SMILES string of the molecule is CCCC[C@]1(CC)CSc2ccc(N(C)C)cc2[C@@H](c2cccc(NC(=O)N[C@H]3CC(O)C(F)(F)C(COS(=O)OC)O3)c2)C1. The molecule has 3 unspecified atom stereocenters. The van der Waals surface area contributed by atoms with Crippen LogP contribution in [0.15, 0.2) is 47.4 Å². The highest BCUT2D eigenvalue weighted by molar-refractivity contribution is 7.99. The van der Waals surface area contributed by atoms with Crippen LogP contribution >= 0.6 is 11.8 Å². The van der Waals surface area contributed by atoms with Gasteiger partial charge in [-0.15, -0.1) is 11.8 Å². The molecule has 0 saturated carbocycles. The lowest BCUT2D eigenvalue weighted by Gasteiger charge is -2.39. The molecule has 4 rings (SSSR count). The minimum absolute atomic E-state index is 0.106. The lowest BCUT2D eigenvalue weighted by molar-refractivity contribution is -0.258. The van der Waals surface area contributed by atoms with Gasteiger partial charge in [-0.3, -0.25) is 8.37 Å². The number of aliphatic hydroxyl groups excluding tert-OH is 1. The van der Waals surface area contributed by atoms with Gasteiger partial charge in [0.15, 0.2) is 6.10 Å². The molecule has 2 aliphatic rings. The lowest BCUT2D eigenvalue weighted by atomic mass is 9.71. The molecule has 1 fully saturated rings. The van der Waals surface area contributed by atoms with Crippen LogP contribution in [-0.4, -0.2) is 73.3 Å². The van der Waals surface area contributed by atoms with Gasteiger partial charge in [-0.2, -0.15) is 4.21 Å². The second-order valence-corrected chi connectivity index (χ2v) is 14.0. The number of urea groups is 1. The van der Waals surface area contributed by atoms with Crippen LogP contribution in [0.3, 0.4) is 0 Å². The van der Waals surface area contributed by atoms with Crippen LogP contribution in [0.2, 0.25) is 0 Å². The number of thioether (sulfide) groups is 1. The number of carbonyl (C=O) groups excluding carboxylic acids is 1. The van der Waals surface area contributed by atoms with Crippen LogP contribution in [0, 0.1) is 5.41 Å². The Morgan fingerprint density at radius 1 is 1.22 bits per heavy atom. The smallest absolute Gasteiger partial charge is 0.321 e. The fraction of sp³-hybridized carbons (Fsp3) is 0.594. The van der Waals surface area contributed by atoms with Crippen LogP contribution in [0.1, 0.15) is 69.4 Å². The van der Waals surface area contributed by atoms with Crippen molar-refractivity contribution in [2.45, 2.75) is 87.5 Å². The summed E-state index contributed by atoms with van der Waals surface area (Å²) in [5.41, 5.74) is 4.19. The largest absolute Gasteiger partial charge is 0.387 e.